The molecule has 2 aromatic heterocycles. The standard InChI is InChI=1S/C11H11ClN2S/c12-10-5-4-9(15-10)11-13-7-8-3-1-2-6-14(8)11/h4-5,7H,1-3,6H2. The molecule has 2 aromatic rings. The Kier molecular flexibility index (Phi) is 2.29. The minimum Gasteiger partial charge on any atom is -0.327 e. The Morgan fingerprint density at radius 3 is 3.07 bits per heavy atom. The summed E-state index contributed by atoms with van der Waals surface area (Å²) >= 11 is 7.54. The molecule has 0 bridgehead atoms. The van der Waals surface area contributed by atoms with Gasteiger partial charge in [0.25, 0.3) is 0 Å². The molecule has 0 N–H and O–H groups in total. The van der Waals surface area contributed by atoms with Crippen LogP contribution >= 0.6 is 22.9 Å². The number of aromatic nitrogens is 2. The first kappa shape index (κ1) is 9.43. The van der Waals surface area contributed by atoms with Crippen molar-refractivity contribution < 1.29 is 0 Å². The van der Waals surface area contributed by atoms with Crippen LogP contribution in [0.1, 0.15) is 18.5 Å². The van der Waals surface area contributed by atoms with Gasteiger partial charge in [0.05, 0.1) is 9.21 Å². The normalized spacial score (nSPS) is 15.3. The summed E-state index contributed by atoms with van der Waals surface area (Å²) in [5.41, 5.74) is 1.36. The molecule has 3 heterocycles. The second-order valence-corrected chi connectivity index (χ2v) is 5.50. The van der Waals surface area contributed by atoms with E-state index in [0.29, 0.717) is 0 Å². The van der Waals surface area contributed by atoms with Crippen LogP contribution < -0.4 is 0 Å². The number of halogens is 1. The summed E-state index contributed by atoms with van der Waals surface area (Å²) in [5.74, 6) is 1.08. The molecule has 0 aliphatic carbocycles. The van der Waals surface area contributed by atoms with Gasteiger partial charge in [-0.1, -0.05) is 11.6 Å². The summed E-state index contributed by atoms with van der Waals surface area (Å²) in [4.78, 5) is 5.67. The monoisotopic (exact) mass is 238 g/mol. The Labute approximate surface area is 97.5 Å². The number of fused-ring (bicyclic) bond motifs is 1. The van der Waals surface area contributed by atoms with Crippen molar-refractivity contribution in [2.45, 2.75) is 25.8 Å². The zero-order chi connectivity index (χ0) is 10.3. The fraction of sp³-hybridized carbons (Fsp3) is 0.364. The van der Waals surface area contributed by atoms with Crippen LogP contribution in [-0.4, -0.2) is 9.55 Å². The highest BCUT2D eigenvalue weighted by Gasteiger charge is 2.15. The Bertz CT molecular complexity index is 486. The molecule has 0 unspecified atom stereocenters. The number of aryl methyl sites for hydroxylation is 1. The molecule has 0 amide bonds. The van der Waals surface area contributed by atoms with E-state index in [9.17, 15) is 0 Å². The Balaban J connectivity index is 2.08. The van der Waals surface area contributed by atoms with Crippen LogP contribution in [0.5, 0.6) is 0 Å². The summed E-state index contributed by atoms with van der Waals surface area (Å²) in [5, 5.41) is 0. The van der Waals surface area contributed by atoms with E-state index in [-0.39, 0.29) is 0 Å². The van der Waals surface area contributed by atoms with Gasteiger partial charge in [-0.15, -0.1) is 11.3 Å². The highest BCUT2D eigenvalue weighted by molar-refractivity contribution is 7.19. The van der Waals surface area contributed by atoms with Gasteiger partial charge in [-0.2, -0.15) is 0 Å². The van der Waals surface area contributed by atoms with Crippen LogP contribution in [0.2, 0.25) is 4.34 Å². The lowest BCUT2D eigenvalue weighted by Crippen LogP contribution is -2.10. The van der Waals surface area contributed by atoms with Gasteiger partial charge >= 0.3 is 0 Å². The van der Waals surface area contributed by atoms with Crippen molar-refractivity contribution in [3.63, 3.8) is 0 Å². The molecule has 0 saturated heterocycles. The molecular formula is C11H11ClN2S. The average Bonchev–Trinajstić information content (AvgIpc) is 2.83. The molecule has 0 spiro atoms. The molecule has 0 aromatic carbocycles. The zero-order valence-electron chi connectivity index (χ0n) is 8.24. The molecule has 0 saturated carbocycles. The number of hydrogen-bond acceptors (Lipinski definition) is 2. The average molecular weight is 239 g/mol. The van der Waals surface area contributed by atoms with Crippen LogP contribution in [0.4, 0.5) is 0 Å². The van der Waals surface area contributed by atoms with Crippen LogP contribution in [-0.2, 0) is 13.0 Å². The molecule has 0 fully saturated rings. The third-order valence-corrected chi connectivity index (χ3v) is 4.02. The number of rotatable bonds is 1. The van der Waals surface area contributed by atoms with Crippen molar-refractivity contribution in [3.05, 3.63) is 28.4 Å². The molecule has 0 atom stereocenters. The van der Waals surface area contributed by atoms with Crippen molar-refractivity contribution in [1.29, 1.82) is 0 Å². The highest BCUT2D eigenvalue weighted by atomic mass is 35.5. The van der Waals surface area contributed by atoms with Crippen LogP contribution in [0, 0.1) is 0 Å². The maximum atomic E-state index is 5.94. The fourth-order valence-electron chi connectivity index (χ4n) is 2.07. The summed E-state index contributed by atoms with van der Waals surface area (Å²) in [6.07, 6.45) is 5.71. The van der Waals surface area contributed by atoms with E-state index in [1.54, 1.807) is 11.3 Å². The number of imidazole rings is 1. The van der Waals surface area contributed by atoms with E-state index in [0.717, 1.165) is 23.1 Å². The fourth-order valence-corrected chi connectivity index (χ4v) is 3.12. The molecule has 3 rings (SSSR count). The molecule has 15 heavy (non-hydrogen) atoms. The van der Waals surface area contributed by atoms with Crippen molar-refractivity contribution in [3.8, 4) is 10.7 Å². The molecule has 2 nitrogen and oxygen atoms in total. The maximum absolute atomic E-state index is 5.94. The predicted octanol–water partition coefficient (Wildman–Crippen LogP) is 3.60. The van der Waals surface area contributed by atoms with E-state index >= 15 is 0 Å². The Morgan fingerprint density at radius 2 is 2.27 bits per heavy atom. The first-order valence-corrected chi connectivity index (χ1v) is 6.34. The van der Waals surface area contributed by atoms with Crippen LogP contribution in [0.25, 0.3) is 10.7 Å². The van der Waals surface area contributed by atoms with Crippen molar-refractivity contribution in [2.75, 3.05) is 0 Å². The quantitative estimate of drug-likeness (QED) is 0.742. The molecule has 4 heteroatoms. The van der Waals surface area contributed by atoms with E-state index in [1.807, 2.05) is 12.3 Å². The van der Waals surface area contributed by atoms with E-state index in [1.165, 1.54) is 23.4 Å². The second kappa shape index (κ2) is 3.65. The van der Waals surface area contributed by atoms with Gasteiger partial charge in [-0.05, 0) is 31.4 Å². The van der Waals surface area contributed by atoms with Gasteiger partial charge < -0.3 is 4.57 Å². The molecule has 0 radical (unpaired) electrons. The van der Waals surface area contributed by atoms with Gasteiger partial charge in [0.1, 0.15) is 5.82 Å². The van der Waals surface area contributed by atoms with Crippen LogP contribution in [0.3, 0.4) is 0 Å². The van der Waals surface area contributed by atoms with Crippen molar-refractivity contribution >= 4 is 22.9 Å². The largest absolute Gasteiger partial charge is 0.327 e. The predicted molar refractivity (Wildman–Crippen MR) is 63.5 cm³/mol. The molecule has 78 valence electrons. The van der Waals surface area contributed by atoms with E-state index < -0.39 is 0 Å². The van der Waals surface area contributed by atoms with E-state index in [2.05, 4.69) is 15.6 Å². The summed E-state index contributed by atoms with van der Waals surface area (Å²) in [6.45, 7) is 1.10. The van der Waals surface area contributed by atoms with Crippen LogP contribution in [0.15, 0.2) is 18.3 Å². The minimum absolute atomic E-state index is 0.832. The minimum atomic E-state index is 0.832. The van der Waals surface area contributed by atoms with Gasteiger partial charge in [-0.3, -0.25) is 0 Å². The lowest BCUT2D eigenvalue weighted by atomic mass is 10.1. The first-order chi connectivity index (χ1) is 7.34. The number of nitrogens with zero attached hydrogens (tertiary/aromatic N) is 2. The number of thiophene rings is 1. The third kappa shape index (κ3) is 1.60. The zero-order valence-corrected chi connectivity index (χ0v) is 9.81. The van der Waals surface area contributed by atoms with Gasteiger partial charge in [-0.25, -0.2) is 4.98 Å². The lowest BCUT2D eigenvalue weighted by molar-refractivity contribution is 0.537. The SMILES string of the molecule is Clc1ccc(-c2ncc3n2CCCC3)s1. The van der Waals surface area contributed by atoms with Crippen molar-refractivity contribution in [2.24, 2.45) is 0 Å². The molecule has 1 aliphatic heterocycles. The Morgan fingerprint density at radius 1 is 1.33 bits per heavy atom. The van der Waals surface area contributed by atoms with Crippen molar-refractivity contribution in [1.82, 2.24) is 9.55 Å². The lowest BCUT2D eigenvalue weighted by Gasteiger charge is -2.15. The van der Waals surface area contributed by atoms with Gasteiger partial charge in [0.15, 0.2) is 0 Å². The van der Waals surface area contributed by atoms with E-state index in [4.69, 9.17) is 11.6 Å². The third-order valence-electron chi connectivity index (χ3n) is 2.80. The van der Waals surface area contributed by atoms with Gasteiger partial charge in [0, 0.05) is 18.4 Å². The number of hydrogen-bond donors (Lipinski definition) is 0. The highest BCUT2D eigenvalue weighted by Crippen LogP contribution is 2.32. The topological polar surface area (TPSA) is 17.8 Å². The van der Waals surface area contributed by atoms with Gasteiger partial charge in [0.2, 0.25) is 0 Å². The smallest absolute Gasteiger partial charge is 0.150 e. The summed E-state index contributed by atoms with van der Waals surface area (Å²) < 4.78 is 3.16. The second-order valence-electron chi connectivity index (χ2n) is 3.79. The summed E-state index contributed by atoms with van der Waals surface area (Å²) in [7, 11) is 0. The molecule has 1 aliphatic rings. The summed E-state index contributed by atoms with van der Waals surface area (Å²) in [6, 6.07) is 3.99. The first-order valence-electron chi connectivity index (χ1n) is 5.15. The maximum Gasteiger partial charge on any atom is 0.150 e. The molecular weight excluding hydrogens is 228 g/mol. The Hall–Kier alpha value is -0.800.